The molecule has 0 radical (unpaired) electrons. The van der Waals surface area contributed by atoms with Crippen LogP contribution in [0.1, 0.15) is 50.7 Å². The van der Waals surface area contributed by atoms with E-state index in [4.69, 9.17) is 34.7 Å². The first kappa shape index (κ1) is 29.1. The van der Waals surface area contributed by atoms with Crippen LogP contribution in [0.15, 0.2) is 48.6 Å². The Balaban J connectivity index is 0.000000340. The number of hydrogen-bond donors (Lipinski definition) is 2. The molecule has 4 N–H and O–H groups in total. The smallest absolute Gasteiger partial charge is 0.330 e. The average molecular weight is 507 g/mol. The van der Waals surface area contributed by atoms with Gasteiger partial charge in [0.2, 0.25) is 0 Å². The number of methoxy groups -OCH3 is 2. The number of carbonyl (C=O) groups is 2. The molecule has 0 heterocycles. The molecule has 2 aromatic rings. The van der Waals surface area contributed by atoms with E-state index in [1.807, 2.05) is 32.1 Å². The van der Waals surface area contributed by atoms with Crippen LogP contribution >= 0.6 is 23.2 Å². The summed E-state index contributed by atoms with van der Waals surface area (Å²) in [5.41, 5.74) is 16.1. The highest BCUT2D eigenvalue weighted by molar-refractivity contribution is 6.33. The fourth-order valence-corrected chi connectivity index (χ4v) is 3.26. The molecule has 0 amide bonds. The van der Waals surface area contributed by atoms with E-state index in [-0.39, 0.29) is 18.4 Å². The first-order valence-corrected chi connectivity index (χ1v) is 11.6. The van der Waals surface area contributed by atoms with Gasteiger partial charge < -0.3 is 20.9 Å². The summed E-state index contributed by atoms with van der Waals surface area (Å²) in [6.45, 7) is 4.06. The molecule has 0 spiro atoms. The van der Waals surface area contributed by atoms with Gasteiger partial charge in [0.05, 0.1) is 42.1 Å². The summed E-state index contributed by atoms with van der Waals surface area (Å²) in [6.07, 6.45) is 6.29. The average Bonchev–Trinajstić information content (AvgIpc) is 2.82. The fraction of sp³-hybridized carbons (Fsp3) is 0.308. The van der Waals surface area contributed by atoms with Gasteiger partial charge in [0, 0.05) is 6.08 Å². The third-order valence-corrected chi connectivity index (χ3v) is 5.45. The van der Waals surface area contributed by atoms with Crippen LogP contribution < -0.4 is 11.5 Å². The number of rotatable bonds is 8. The van der Waals surface area contributed by atoms with Crippen LogP contribution in [0.4, 0.5) is 11.4 Å². The van der Waals surface area contributed by atoms with Crippen molar-refractivity contribution in [1.82, 2.24) is 0 Å². The van der Waals surface area contributed by atoms with Crippen LogP contribution in [0, 0.1) is 0 Å². The molecular formula is C26H32Cl2N2O4. The molecule has 0 atom stereocenters. The molecule has 0 unspecified atom stereocenters. The Morgan fingerprint density at radius 1 is 0.882 bits per heavy atom. The van der Waals surface area contributed by atoms with Gasteiger partial charge in [-0.15, -0.1) is 0 Å². The molecule has 6 nitrogen and oxygen atoms in total. The molecule has 184 valence electrons. The van der Waals surface area contributed by atoms with Crippen LogP contribution in [-0.2, 0) is 19.1 Å². The van der Waals surface area contributed by atoms with E-state index in [9.17, 15) is 9.59 Å². The Labute approximate surface area is 211 Å². The monoisotopic (exact) mass is 506 g/mol. The third kappa shape index (κ3) is 9.49. The van der Waals surface area contributed by atoms with E-state index in [1.165, 1.54) is 20.3 Å². The normalized spacial score (nSPS) is 11.4. The highest BCUT2D eigenvalue weighted by Gasteiger charge is 2.09. The molecule has 34 heavy (non-hydrogen) atoms. The van der Waals surface area contributed by atoms with Crippen LogP contribution in [-0.4, -0.2) is 26.2 Å². The molecule has 0 saturated carbocycles. The lowest BCUT2D eigenvalue weighted by atomic mass is 10.0. The van der Waals surface area contributed by atoms with Crippen molar-refractivity contribution >= 4 is 57.7 Å². The predicted octanol–water partition coefficient (Wildman–Crippen LogP) is 6.56. The molecule has 0 fully saturated rings. The zero-order chi connectivity index (χ0) is 25.7. The van der Waals surface area contributed by atoms with Crippen molar-refractivity contribution in [3.8, 4) is 0 Å². The van der Waals surface area contributed by atoms with Gasteiger partial charge in [-0.2, -0.15) is 0 Å². The summed E-state index contributed by atoms with van der Waals surface area (Å²) in [5, 5.41) is 1.03. The maximum absolute atomic E-state index is 11.3. The quantitative estimate of drug-likeness (QED) is 0.238. The number of hydrogen-bond acceptors (Lipinski definition) is 6. The van der Waals surface area contributed by atoms with Gasteiger partial charge >= 0.3 is 11.9 Å². The van der Waals surface area contributed by atoms with Gasteiger partial charge in [-0.1, -0.05) is 61.7 Å². The number of allylic oxidation sites excluding steroid dienone is 2. The summed E-state index contributed by atoms with van der Waals surface area (Å²) in [5.74, 6) is -0.625. The van der Waals surface area contributed by atoms with Crippen LogP contribution in [0.25, 0.3) is 11.1 Å². The standard InChI is InChI=1S/2C13H16ClNO2/c2*1-3-4-9(8-13(16)17-2)10-5-6-11(14)12(15)7-10/h5-8H,3-4,15H2,1-2H3;4-7H,3,8,15H2,1-2H3. The summed E-state index contributed by atoms with van der Waals surface area (Å²) in [4.78, 5) is 22.6. The predicted molar refractivity (Wildman–Crippen MR) is 142 cm³/mol. The number of anilines is 2. The van der Waals surface area contributed by atoms with Crippen molar-refractivity contribution in [3.05, 3.63) is 69.7 Å². The van der Waals surface area contributed by atoms with Crippen molar-refractivity contribution in [1.29, 1.82) is 0 Å². The van der Waals surface area contributed by atoms with Crippen LogP contribution in [0.3, 0.4) is 0 Å². The van der Waals surface area contributed by atoms with Crippen molar-refractivity contribution in [2.75, 3.05) is 25.7 Å². The lowest BCUT2D eigenvalue weighted by Gasteiger charge is -2.08. The second-order valence-corrected chi connectivity index (χ2v) is 8.12. The minimum Gasteiger partial charge on any atom is -0.469 e. The van der Waals surface area contributed by atoms with Gasteiger partial charge in [0.15, 0.2) is 0 Å². The molecule has 0 saturated heterocycles. The Morgan fingerprint density at radius 2 is 1.41 bits per heavy atom. The Kier molecular flexibility index (Phi) is 12.9. The van der Waals surface area contributed by atoms with Crippen LogP contribution in [0.2, 0.25) is 10.0 Å². The van der Waals surface area contributed by atoms with Crippen LogP contribution in [0.5, 0.6) is 0 Å². The number of nitrogen functional groups attached to an aromatic ring is 2. The fourth-order valence-electron chi connectivity index (χ4n) is 3.02. The maximum atomic E-state index is 11.3. The van der Waals surface area contributed by atoms with Crippen molar-refractivity contribution in [2.24, 2.45) is 0 Å². The molecule has 8 heteroatoms. The van der Waals surface area contributed by atoms with E-state index in [1.54, 1.807) is 24.3 Å². The van der Waals surface area contributed by atoms with Gasteiger partial charge in [-0.05, 0) is 59.4 Å². The first-order valence-electron chi connectivity index (χ1n) is 10.8. The van der Waals surface area contributed by atoms with Gasteiger partial charge in [-0.3, -0.25) is 4.79 Å². The number of carbonyl (C=O) groups excluding carboxylic acids is 2. The topological polar surface area (TPSA) is 105 Å². The summed E-state index contributed by atoms with van der Waals surface area (Å²) >= 11 is 11.7. The zero-order valence-electron chi connectivity index (χ0n) is 20.0. The van der Waals surface area contributed by atoms with E-state index < -0.39 is 0 Å². The highest BCUT2D eigenvalue weighted by atomic mass is 35.5. The van der Waals surface area contributed by atoms with E-state index >= 15 is 0 Å². The second kappa shape index (κ2) is 15.0. The molecule has 0 aliphatic rings. The molecule has 2 rings (SSSR count). The minimum absolute atomic E-state index is 0.241. The third-order valence-electron chi connectivity index (χ3n) is 4.76. The minimum atomic E-state index is -0.359. The highest BCUT2D eigenvalue weighted by Crippen LogP contribution is 2.27. The largest absolute Gasteiger partial charge is 0.469 e. The number of halogens is 2. The van der Waals surface area contributed by atoms with Crippen molar-refractivity contribution in [3.63, 3.8) is 0 Å². The lowest BCUT2D eigenvalue weighted by molar-refractivity contribution is -0.139. The zero-order valence-corrected chi connectivity index (χ0v) is 21.5. The summed E-state index contributed by atoms with van der Waals surface area (Å²) in [6, 6.07) is 10.7. The maximum Gasteiger partial charge on any atom is 0.330 e. The van der Waals surface area contributed by atoms with E-state index in [2.05, 4.69) is 9.47 Å². The molecule has 0 bridgehead atoms. The summed E-state index contributed by atoms with van der Waals surface area (Å²) < 4.78 is 9.30. The molecule has 0 aliphatic heterocycles. The van der Waals surface area contributed by atoms with Gasteiger partial charge in [0.1, 0.15) is 0 Å². The molecule has 2 aromatic carbocycles. The molecular weight excluding hydrogens is 475 g/mol. The molecule has 0 aliphatic carbocycles. The lowest BCUT2D eigenvalue weighted by Crippen LogP contribution is -2.02. The van der Waals surface area contributed by atoms with E-state index in [0.29, 0.717) is 21.4 Å². The number of benzene rings is 2. The van der Waals surface area contributed by atoms with E-state index in [0.717, 1.165) is 41.5 Å². The number of ether oxygens (including phenoxy) is 2. The first-order chi connectivity index (χ1) is 16.2. The SMILES string of the molecule is CCC=C(CC(=O)OC)c1ccc(Cl)c(N)c1.CCCC(=CC(=O)OC)c1ccc(Cl)c(N)c1. The Bertz CT molecular complexity index is 1050. The Morgan fingerprint density at radius 3 is 1.82 bits per heavy atom. The van der Waals surface area contributed by atoms with Gasteiger partial charge in [0.25, 0.3) is 0 Å². The number of esters is 2. The van der Waals surface area contributed by atoms with Crippen molar-refractivity contribution < 1.29 is 19.1 Å². The van der Waals surface area contributed by atoms with Crippen molar-refractivity contribution in [2.45, 2.75) is 39.5 Å². The Hall–Kier alpha value is -2.96. The second-order valence-electron chi connectivity index (χ2n) is 7.31. The summed E-state index contributed by atoms with van der Waals surface area (Å²) in [7, 11) is 2.74. The number of nitrogens with two attached hydrogens (primary N) is 2. The molecule has 0 aromatic heterocycles. The van der Waals surface area contributed by atoms with Gasteiger partial charge in [-0.25, -0.2) is 4.79 Å².